The summed E-state index contributed by atoms with van der Waals surface area (Å²) in [6, 6.07) is 4.22. The van der Waals surface area contributed by atoms with Crippen LogP contribution < -0.4 is 15.0 Å². The summed E-state index contributed by atoms with van der Waals surface area (Å²) in [5, 5.41) is 2.85. The molecule has 2 aromatic heterocycles. The first-order chi connectivity index (χ1) is 17.1. The Morgan fingerprint density at radius 3 is 2.39 bits per heavy atom. The molecule has 2 aromatic rings. The molecule has 194 valence electrons. The summed E-state index contributed by atoms with van der Waals surface area (Å²) in [5.41, 5.74) is -1.25. The van der Waals surface area contributed by atoms with Gasteiger partial charge in [-0.25, -0.2) is 23.5 Å². The van der Waals surface area contributed by atoms with Crippen molar-refractivity contribution in [3.63, 3.8) is 0 Å². The maximum atomic E-state index is 12.9. The van der Waals surface area contributed by atoms with Gasteiger partial charge in [-0.3, -0.25) is 9.69 Å². The monoisotopic (exact) mass is 513 g/mol. The Labute approximate surface area is 203 Å². The molecule has 4 rings (SSSR count). The maximum absolute atomic E-state index is 12.9. The van der Waals surface area contributed by atoms with Crippen molar-refractivity contribution in [3.05, 3.63) is 47.9 Å². The van der Waals surface area contributed by atoms with Gasteiger partial charge in [-0.05, 0) is 49.9 Å². The van der Waals surface area contributed by atoms with Crippen LogP contribution in [0, 0.1) is 0 Å². The van der Waals surface area contributed by atoms with Crippen LogP contribution in [0.1, 0.15) is 43.4 Å². The standard InChI is InChI=1S/C23H24F5N5O3/c24-21(25)14-1-8-19(30-11-14)33-10-9-32(22(33)35)16-4-2-15(3-5-16)31-20(34)13-36-17-6-7-18(29-12-17)23(26,27)28/h1,6-8,11-12,15-16,21H,2-5,9-10,13H2,(H,31,34)/t15-,16-. The van der Waals surface area contributed by atoms with E-state index in [9.17, 15) is 31.5 Å². The van der Waals surface area contributed by atoms with Crippen molar-refractivity contribution < 1.29 is 36.3 Å². The molecule has 1 saturated heterocycles. The summed E-state index contributed by atoms with van der Waals surface area (Å²) in [5.74, 6) is -0.0199. The number of carbonyl (C=O) groups is 2. The first kappa shape index (κ1) is 25.6. The van der Waals surface area contributed by atoms with Crippen LogP contribution in [-0.4, -0.2) is 58.6 Å². The summed E-state index contributed by atoms with van der Waals surface area (Å²) < 4.78 is 68.4. The molecule has 1 N–H and O–H groups in total. The Hall–Kier alpha value is -3.51. The van der Waals surface area contributed by atoms with Gasteiger partial charge in [-0.15, -0.1) is 0 Å². The zero-order valence-corrected chi connectivity index (χ0v) is 19.0. The van der Waals surface area contributed by atoms with E-state index in [2.05, 4.69) is 15.3 Å². The molecule has 0 bridgehead atoms. The maximum Gasteiger partial charge on any atom is 0.433 e. The molecule has 0 spiro atoms. The number of carbonyl (C=O) groups excluding carboxylic acids is 2. The van der Waals surface area contributed by atoms with Crippen LogP contribution in [0.5, 0.6) is 5.75 Å². The molecule has 3 amide bonds. The van der Waals surface area contributed by atoms with Gasteiger partial charge in [-0.1, -0.05) is 0 Å². The highest BCUT2D eigenvalue weighted by molar-refractivity contribution is 5.93. The van der Waals surface area contributed by atoms with Crippen molar-refractivity contribution in [2.24, 2.45) is 0 Å². The number of ether oxygens (including phenoxy) is 1. The number of halogens is 5. The number of anilines is 1. The number of hydrogen-bond donors (Lipinski definition) is 1. The second-order valence-corrected chi connectivity index (χ2v) is 8.62. The third-order valence-electron chi connectivity index (χ3n) is 6.24. The minimum Gasteiger partial charge on any atom is -0.482 e. The van der Waals surface area contributed by atoms with E-state index in [4.69, 9.17) is 4.74 Å². The first-order valence-corrected chi connectivity index (χ1v) is 11.4. The zero-order chi connectivity index (χ0) is 25.9. The SMILES string of the molecule is O=C(COc1ccc(C(F)(F)F)nc1)N[C@H]1CC[C@H](N2CCN(c3ccc(C(F)F)cn3)C2=O)CC1. The molecule has 1 aliphatic carbocycles. The molecular weight excluding hydrogens is 489 g/mol. The molecule has 2 aliphatic rings. The zero-order valence-electron chi connectivity index (χ0n) is 19.0. The predicted molar refractivity (Wildman–Crippen MR) is 118 cm³/mol. The van der Waals surface area contributed by atoms with Crippen LogP contribution in [-0.2, 0) is 11.0 Å². The average molecular weight is 513 g/mol. The van der Waals surface area contributed by atoms with Crippen LogP contribution in [0.2, 0.25) is 0 Å². The fraction of sp³-hybridized carbons (Fsp3) is 0.478. The van der Waals surface area contributed by atoms with E-state index in [-0.39, 0.29) is 36.0 Å². The van der Waals surface area contributed by atoms with Crippen molar-refractivity contribution in [3.8, 4) is 5.75 Å². The van der Waals surface area contributed by atoms with Crippen LogP contribution in [0.15, 0.2) is 36.7 Å². The number of urea groups is 1. The van der Waals surface area contributed by atoms with E-state index in [0.717, 1.165) is 24.5 Å². The van der Waals surface area contributed by atoms with Crippen LogP contribution in [0.25, 0.3) is 0 Å². The lowest BCUT2D eigenvalue weighted by atomic mass is 9.90. The number of amides is 3. The van der Waals surface area contributed by atoms with Crippen LogP contribution in [0.3, 0.4) is 0 Å². The van der Waals surface area contributed by atoms with Gasteiger partial charge in [-0.2, -0.15) is 13.2 Å². The number of nitrogens with zero attached hydrogens (tertiary/aromatic N) is 4. The molecule has 0 unspecified atom stereocenters. The largest absolute Gasteiger partial charge is 0.482 e. The van der Waals surface area contributed by atoms with E-state index in [1.165, 1.54) is 17.0 Å². The number of nitrogens with one attached hydrogen (secondary N) is 1. The summed E-state index contributed by atoms with van der Waals surface area (Å²) >= 11 is 0. The highest BCUT2D eigenvalue weighted by Crippen LogP contribution is 2.30. The fourth-order valence-electron chi connectivity index (χ4n) is 4.38. The third kappa shape index (κ3) is 6.00. The molecule has 0 aromatic carbocycles. The minimum atomic E-state index is -4.55. The van der Waals surface area contributed by atoms with Crippen molar-refractivity contribution in [2.75, 3.05) is 24.6 Å². The molecule has 0 atom stereocenters. The van der Waals surface area contributed by atoms with Crippen LogP contribution >= 0.6 is 0 Å². The molecule has 13 heteroatoms. The first-order valence-electron chi connectivity index (χ1n) is 11.4. The van der Waals surface area contributed by atoms with Crippen molar-refractivity contribution in [1.82, 2.24) is 20.2 Å². The van der Waals surface area contributed by atoms with Gasteiger partial charge >= 0.3 is 12.2 Å². The highest BCUT2D eigenvalue weighted by atomic mass is 19.4. The smallest absolute Gasteiger partial charge is 0.433 e. The number of pyridine rings is 2. The van der Waals surface area contributed by atoms with E-state index >= 15 is 0 Å². The molecule has 2 fully saturated rings. The van der Waals surface area contributed by atoms with Gasteiger partial charge in [0.1, 0.15) is 17.3 Å². The Kier molecular flexibility index (Phi) is 7.55. The Bertz CT molecular complexity index is 1060. The lowest BCUT2D eigenvalue weighted by Gasteiger charge is -2.34. The summed E-state index contributed by atoms with van der Waals surface area (Å²) in [7, 11) is 0. The number of aromatic nitrogens is 2. The molecular formula is C23H24F5N5O3. The molecule has 3 heterocycles. The predicted octanol–water partition coefficient (Wildman–Crippen LogP) is 4.18. The van der Waals surface area contributed by atoms with Gasteiger partial charge in [0.15, 0.2) is 6.61 Å². The Morgan fingerprint density at radius 2 is 1.81 bits per heavy atom. The topological polar surface area (TPSA) is 87.7 Å². The third-order valence-corrected chi connectivity index (χ3v) is 6.24. The number of hydrogen-bond acceptors (Lipinski definition) is 5. The van der Waals surface area contributed by atoms with Crippen molar-refractivity contribution >= 4 is 17.8 Å². The van der Waals surface area contributed by atoms with Crippen molar-refractivity contribution in [2.45, 2.75) is 50.4 Å². The summed E-state index contributed by atoms with van der Waals surface area (Å²) in [6.07, 6.45) is -2.56. The summed E-state index contributed by atoms with van der Waals surface area (Å²) in [6.45, 7) is 0.546. The molecule has 8 nitrogen and oxygen atoms in total. The quantitative estimate of drug-likeness (QED) is 0.562. The molecule has 36 heavy (non-hydrogen) atoms. The number of alkyl halides is 5. The Morgan fingerprint density at radius 1 is 1.06 bits per heavy atom. The van der Waals surface area contributed by atoms with Gasteiger partial charge in [0.2, 0.25) is 0 Å². The second kappa shape index (κ2) is 10.6. The Balaban J connectivity index is 1.21. The van der Waals surface area contributed by atoms with Crippen LogP contribution in [0.4, 0.5) is 32.6 Å². The normalized spacial score (nSPS) is 20.7. The lowest BCUT2D eigenvalue weighted by Crippen LogP contribution is -2.46. The average Bonchev–Trinajstić information content (AvgIpc) is 3.24. The molecule has 1 aliphatic heterocycles. The van der Waals surface area contributed by atoms with E-state index in [1.54, 1.807) is 4.90 Å². The second-order valence-electron chi connectivity index (χ2n) is 8.62. The summed E-state index contributed by atoms with van der Waals surface area (Å²) in [4.78, 5) is 35.6. The molecule has 1 saturated carbocycles. The van der Waals surface area contributed by atoms with Crippen molar-refractivity contribution in [1.29, 1.82) is 0 Å². The highest BCUT2D eigenvalue weighted by Gasteiger charge is 2.37. The lowest BCUT2D eigenvalue weighted by molar-refractivity contribution is -0.141. The van der Waals surface area contributed by atoms with E-state index in [0.29, 0.717) is 44.6 Å². The van der Waals surface area contributed by atoms with E-state index < -0.39 is 24.2 Å². The minimum absolute atomic E-state index is 0.00883. The molecule has 0 radical (unpaired) electrons. The van der Waals surface area contributed by atoms with E-state index in [1.807, 2.05) is 0 Å². The van der Waals surface area contributed by atoms with Gasteiger partial charge in [0.25, 0.3) is 12.3 Å². The fourth-order valence-corrected chi connectivity index (χ4v) is 4.38. The van der Waals surface area contributed by atoms with Gasteiger partial charge < -0.3 is 15.0 Å². The van der Waals surface area contributed by atoms with Gasteiger partial charge in [0.05, 0.1) is 6.20 Å². The number of rotatable bonds is 7. The van der Waals surface area contributed by atoms with Gasteiger partial charge in [0, 0.05) is 36.9 Å².